The second kappa shape index (κ2) is 5.59. The number of nitrogens with one attached hydrogen (secondary N) is 1. The average molecular weight is 267 g/mol. The summed E-state index contributed by atoms with van der Waals surface area (Å²) in [6.07, 6.45) is 0. The highest BCUT2D eigenvalue weighted by Gasteiger charge is 2.31. The van der Waals surface area contributed by atoms with Crippen LogP contribution in [0.5, 0.6) is 0 Å². The Morgan fingerprint density at radius 2 is 1.53 bits per heavy atom. The predicted molar refractivity (Wildman–Crippen MR) is 77.5 cm³/mol. The normalized spacial score (nSPS) is 16.2. The molecule has 2 atom stereocenters. The molecular weight excluding hydrogens is 241 g/mol. The van der Waals surface area contributed by atoms with Crippen molar-refractivity contribution in [3.63, 3.8) is 0 Å². The summed E-state index contributed by atoms with van der Waals surface area (Å²) in [4.78, 5) is 0. The Balaban J connectivity index is 3.00. The van der Waals surface area contributed by atoms with E-state index in [4.69, 9.17) is 0 Å². The van der Waals surface area contributed by atoms with Crippen molar-refractivity contribution in [1.29, 1.82) is 0 Å². The van der Waals surface area contributed by atoms with Gasteiger partial charge in [-0.25, -0.2) is 4.39 Å². The number of halogens is 1. The Kier molecular flexibility index (Phi) is 4.75. The van der Waals surface area contributed by atoms with Crippen LogP contribution < -0.4 is 5.32 Å². The number of benzene rings is 1. The van der Waals surface area contributed by atoms with Crippen LogP contribution in [0.25, 0.3) is 0 Å². The molecule has 0 saturated carbocycles. The monoisotopic (exact) mass is 267 g/mol. The van der Waals surface area contributed by atoms with E-state index in [1.165, 1.54) is 12.1 Å². The molecule has 2 nitrogen and oxygen atoms in total. The lowest BCUT2D eigenvalue weighted by atomic mass is 9.81. The topological polar surface area (TPSA) is 32.3 Å². The van der Waals surface area contributed by atoms with Crippen LogP contribution in [-0.4, -0.2) is 16.7 Å². The Morgan fingerprint density at radius 1 is 1.05 bits per heavy atom. The molecule has 0 aromatic heterocycles. The summed E-state index contributed by atoms with van der Waals surface area (Å²) in [5.74, 6) is -0.230. The molecule has 0 aliphatic rings. The summed E-state index contributed by atoms with van der Waals surface area (Å²) in [7, 11) is 0. The molecule has 0 amide bonds. The molecule has 19 heavy (non-hydrogen) atoms. The molecule has 3 heteroatoms. The Bertz CT molecular complexity index is 400. The van der Waals surface area contributed by atoms with Gasteiger partial charge in [0.05, 0.1) is 5.60 Å². The lowest BCUT2D eigenvalue weighted by Crippen LogP contribution is -2.48. The Hall–Kier alpha value is -0.930. The molecule has 1 aromatic carbocycles. The first kappa shape index (κ1) is 16.1. The summed E-state index contributed by atoms with van der Waals surface area (Å²) in [6, 6.07) is 6.54. The third kappa shape index (κ3) is 4.59. The van der Waals surface area contributed by atoms with E-state index in [0.29, 0.717) is 0 Å². The van der Waals surface area contributed by atoms with Gasteiger partial charge < -0.3 is 10.4 Å². The van der Waals surface area contributed by atoms with Gasteiger partial charge in [0.15, 0.2) is 0 Å². The highest BCUT2D eigenvalue weighted by atomic mass is 19.1. The van der Waals surface area contributed by atoms with Gasteiger partial charge in [0.25, 0.3) is 0 Å². The van der Waals surface area contributed by atoms with Crippen molar-refractivity contribution in [2.24, 2.45) is 5.41 Å². The summed E-state index contributed by atoms with van der Waals surface area (Å²) in [6.45, 7) is 11.9. The molecule has 0 spiro atoms. The largest absolute Gasteiger partial charge is 0.389 e. The first-order valence-electron chi connectivity index (χ1n) is 6.75. The zero-order valence-corrected chi connectivity index (χ0v) is 12.8. The molecule has 1 aromatic rings. The quantitative estimate of drug-likeness (QED) is 0.872. The second-order valence-corrected chi connectivity index (χ2v) is 6.89. The summed E-state index contributed by atoms with van der Waals surface area (Å²) >= 11 is 0. The van der Waals surface area contributed by atoms with Crippen LogP contribution in [0.15, 0.2) is 24.3 Å². The van der Waals surface area contributed by atoms with Gasteiger partial charge in [-0.2, -0.15) is 0 Å². The maximum absolute atomic E-state index is 13.0. The zero-order valence-electron chi connectivity index (χ0n) is 12.8. The van der Waals surface area contributed by atoms with E-state index in [1.54, 1.807) is 26.0 Å². The van der Waals surface area contributed by atoms with Crippen molar-refractivity contribution in [3.8, 4) is 0 Å². The van der Waals surface area contributed by atoms with Crippen molar-refractivity contribution >= 4 is 0 Å². The maximum Gasteiger partial charge on any atom is 0.123 e. The van der Waals surface area contributed by atoms with Crippen LogP contribution in [0.4, 0.5) is 4.39 Å². The molecule has 2 N–H and O–H groups in total. The van der Waals surface area contributed by atoms with Gasteiger partial charge in [0, 0.05) is 12.1 Å². The van der Waals surface area contributed by atoms with Crippen LogP contribution in [0.2, 0.25) is 0 Å². The summed E-state index contributed by atoms with van der Waals surface area (Å²) in [5.41, 5.74) is 0.200. The lowest BCUT2D eigenvalue weighted by molar-refractivity contribution is 0.0325. The van der Waals surface area contributed by atoms with Crippen LogP contribution in [0, 0.1) is 11.2 Å². The van der Waals surface area contributed by atoms with Crippen molar-refractivity contribution < 1.29 is 9.50 Å². The molecule has 1 rings (SSSR count). The van der Waals surface area contributed by atoms with E-state index in [0.717, 1.165) is 5.56 Å². The molecule has 0 radical (unpaired) electrons. The number of hydrogen-bond acceptors (Lipinski definition) is 2. The Morgan fingerprint density at radius 3 is 1.89 bits per heavy atom. The SMILES string of the molecule is CC(NC(c1ccc(F)cc1)C(C)(C)C)C(C)(C)O. The van der Waals surface area contributed by atoms with Gasteiger partial charge in [-0.15, -0.1) is 0 Å². The molecule has 0 aliphatic carbocycles. The Labute approximate surface area is 116 Å². The highest BCUT2D eigenvalue weighted by Crippen LogP contribution is 2.34. The zero-order chi connectivity index (χ0) is 14.8. The third-order valence-corrected chi connectivity index (χ3v) is 3.55. The molecule has 2 unspecified atom stereocenters. The third-order valence-electron chi connectivity index (χ3n) is 3.55. The predicted octanol–water partition coefficient (Wildman–Crippen LogP) is 3.66. The molecule has 0 saturated heterocycles. The minimum absolute atomic E-state index is 0.0304. The fourth-order valence-electron chi connectivity index (χ4n) is 1.96. The fourth-order valence-corrected chi connectivity index (χ4v) is 1.96. The van der Waals surface area contributed by atoms with E-state index in [2.05, 4.69) is 26.1 Å². The minimum Gasteiger partial charge on any atom is -0.389 e. The number of aliphatic hydroxyl groups is 1. The fraction of sp³-hybridized carbons (Fsp3) is 0.625. The average Bonchev–Trinajstić information content (AvgIpc) is 2.24. The molecule has 0 fully saturated rings. The van der Waals surface area contributed by atoms with Gasteiger partial charge in [-0.3, -0.25) is 0 Å². The summed E-state index contributed by atoms with van der Waals surface area (Å²) < 4.78 is 13.0. The first-order chi connectivity index (χ1) is 8.51. The molecule has 0 bridgehead atoms. The lowest BCUT2D eigenvalue weighted by Gasteiger charge is -2.38. The minimum atomic E-state index is -0.802. The van der Waals surface area contributed by atoms with Gasteiger partial charge in [-0.1, -0.05) is 32.9 Å². The molecule has 108 valence electrons. The van der Waals surface area contributed by atoms with Crippen molar-refractivity contribution in [2.45, 2.75) is 59.2 Å². The van der Waals surface area contributed by atoms with Gasteiger partial charge in [0.1, 0.15) is 5.82 Å². The van der Waals surface area contributed by atoms with E-state index in [1.807, 2.05) is 6.92 Å². The molecule has 0 heterocycles. The van der Waals surface area contributed by atoms with E-state index < -0.39 is 5.60 Å². The smallest absolute Gasteiger partial charge is 0.123 e. The highest BCUT2D eigenvalue weighted by molar-refractivity contribution is 5.22. The van der Waals surface area contributed by atoms with E-state index in [9.17, 15) is 9.50 Å². The number of rotatable bonds is 4. The first-order valence-corrected chi connectivity index (χ1v) is 6.75. The van der Waals surface area contributed by atoms with Crippen molar-refractivity contribution in [3.05, 3.63) is 35.6 Å². The van der Waals surface area contributed by atoms with Gasteiger partial charge in [-0.05, 0) is 43.9 Å². The van der Waals surface area contributed by atoms with Crippen molar-refractivity contribution in [1.82, 2.24) is 5.32 Å². The second-order valence-electron chi connectivity index (χ2n) is 6.89. The molecule has 0 aliphatic heterocycles. The molecular formula is C16H26FNO. The van der Waals surface area contributed by atoms with Crippen molar-refractivity contribution in [2.75, 3.05) is 0 Å². The number of hydrogen-bond donors (Lipinski definition) is 2. The van der Waals surface area contributed by atoms with E-state index >= 15 is 0 Å². The standard InChI is InChI=1S/C16H26FNO/c1-11(16(5,6)19)18-14(15(2,3)4)12-7-9-13(17)10-8-12/h7-11,14,18-19H,1-6H3. The van der Waals surface area contributed by atoms with Crippen LogP contribution in [-0.2, 0) is 0 Å². The van der Waals surface area contributed by atoms with Gasteiger partial charge in [0.2, 0.25) is 0 Å². The van der Waals surface area contributed by atoms with Crippen LogP contribution in [0.3, 0.4) is 0 Å². The van der Waals surface area contributed by atoms with E-state index in [-0.39, 0.29) is 23.3 Å². The summed E-state index contributed by atoms with van der Waals surface area (Å²) in [5, 5.41) is 13.5. The van der Waals surface area contributed by atoms with Crippen LogP contribution in [0.1, 0.15) is 53.1 Å². The maximum atomic E-state index is 13.0. The van der Waals surface area contributed by atoms with Gasteiger partial charge >= 0.3 is 0 Å². The van der Waals surface area contributed by atoms with Crippen LogP contribution >= 0.6 is 0 Å².